The Hall–Kier alpha value is -0.820. The van der Waals surface area contributed by atoms with Crippen LogP contribution in [0, 0.1) is 17.3 Å². The third kappa shape index (κ3) is 4.34. The molecule has 0 aromatic heterocycles. The second-order valence-corrected chi connectivity index (χ2v) is 7.84. The third-order valence-electron chi connectivity index (χ3n) is 4.83. The van der Waals surface area contributed by atoms with E-state index in [1.165, 1.54) is 30.4 Å². The molecular weight excluding hydrogens is 242 g/mol. The first kappa shape index (κ1) is 17.2. The van der Waals surface area contributed by atoms with Crippen molar-refractivity contribution in [2.75, 3.05) is 6.54 Å². The Balaban J connectivity index is 2.70. The topological polar surface area (TPSA) is 12.0 Å². The van der Waals surface area contributed by atoms with Gasteiger partial charge >= 0.3 is 0 Å². The van der Waals surface area contributed by atoms with Crippen LogP contribution < -0.4 is 5.32 Å². The molecule has 1 fully saturated rings. The minimum absolute atomic E-state index is 0.154. The van der Waals surface area contributed by atoms with Crippen molar-refractivity contribution in [2.45, 2.75) is 59.4 Å². The van der Waals surface area contributed by atoms with Gasteiger partial charge in [0.15, 0.2) is 0 Å². The maximum Gasteiger partial charge on any atom is 0.0169 e. The van der Waals surface area contributed by atoms with E-state index in [2.05, 4.69) is 65.7 Å². The molecule has 3 atom stereocenters. The van der Waals surface area contributed by atoms with Crippen LogP contribution in [0.5, 0.6) is 0 Å². The molecule has 0 saturated heterocycles. The zero-order valence-electron chi connectivity index (χ0n) is 14.2. The summed E-state index contributed by atoms with van der Waals surface area (Å²) in [7, 11) is 0. The second kappa shape index (κ2) is 6.30. The largest absolute Gasteiger partial charge is 0.308 e. The summed E-state index contributed by atoms with van der Waals surface area (Å²) in [5.41, 5.74) is 2.99. The number of allylic oxidation sites excluding steroid dienone is 2. The lowest BCUT2D eigenvalue weighted by molar-refractivity contribution is 0.168. The standard InChI is InChI=1S/C19H33N/c1-9-19(8)11-10-16(12-17(19)14(2)3)15(4)13-20-18(5,6)7/h9,16-17,20H,1-2,4,10-13H2,3,5-8H3/t16-,17+,19-/m1/s1. The van der Waals surface area contributed by atoms with Gasteiger partial charge in [0.1, 0.15) is 0 Å². The zero-order valence-corrected chi connectivity index (χ0v) is 14.2. The fourth-order valence-corrected chi connectivity index (χ4v) is 3.23. The number of rotatable bonds is 5. The van der Waals surface area contributed by atoms with Crippen LogP contribution in [0.4, 0.5) is 0 Å². The van der Waals surface area contributed by atoms with E-state index in [4.69, 9.17) is 0 Å². The molecule has 0 aromatic carbocycles. The molecule has 20 heavy (non-hydrogen) atoms. The van der Waals surface area contributed by atoms with Gasteiger partial charge in [-0.05, 0) is 64.2 Å². The predicted octanol–water partition coefficient (Wildman–Crippen LogP) is 5.12. The quantitative estimate of drug-likeness (QED) is 0.687. The molecule has 1 aliphatic carbocycles. The number of nitrogens with one attached hydrogen (secondary N) is 1. The Morgan fingerprint density at radius 3 is 2.40 bits per heavy atom. The first-order valence-electron chi connectivity index (χ1n) is 7.81. The number of hydrogen-bond donors (Lipinski definition) is 1. The van der Waals surface area contributed by atoms with Gasteiger partial charge in [0.05, 0.1) is 0 Å². The summed E-state index contributed by atoms with van der Waals surface area (Å²) in [6, 6.07) is 0. The van der Waals surface area contributed by atoms with Crippen LogP contribution in [0.2, 0.25) is 0 Å². The lowest BCUT2D eigenvalue weighted by Crippen LogP contribution is -2.39. The van der Waals surface area contributed by atoms with Crippen molar-refractivity contribution in [3.05, 3.63) is 37.0 Å². The van der Waals surface area contributed by atoms with Gasteiger partial charge in [-0.3, -0.25) is 0 Å². The van der Waals surface area contributed by atoms with Crippen molar-refractivity contribution in [3.8, 4) is 0 Å². The molecule has 1 rings (SSSR count). The van der Waals surface area contributed by atoms with Crippen LogP contribution >= 0.6 is 0 Å². The summed E-state index contributed by atoms with van der Waals surface area (Å²) in [4.78, 5) is 0. The molecule has 0 spiro atoms. The van der Waals surface area contributed by atoms with E-state index >= 15 is 0 Å². The SMILES string of the molecule is C=C[C@]1(C)CC[C@@H](C(=C)CNC(C)(C)C)C[C@H]1C(=C)C. The van der Waals surface area contributed by atoms with Crippen LogP contribution in [0.3, 0.4) is 0 Å². The molecule has 0 unspecified atom stereocenters. The van der Waals surface area contributed by atoms with Crippen LogP contribution in [0.15, 0.2) is 37.0 Å². The van der Waals surface area contributed by atoms with Crippen LogP contribution in [0.1, 0.15) is 53.9 Å². The van der Waals surface area contributed by atoms with Gasteiger partial charge in [-0.2, -0.15) is 0 Å². The van der Waals surface area contributed by atoms with E-state index in [-0.39, 0.29) is 11.0 Å². The summed E-state index contributed by atoms with van der Waals surface area (Å²) in [5.74, 6) is 1.14. The molecule has 0 radical (unpaired) electrons. The predicted molar refractivity (Wildman–Crippen MR) is 90.8 cm³/mol. The molecule has 1 heteroatoms. The maximum absolute atomic E-state index is 4.33. The van der Waals surface area contributed by atoms with Gasteiger partial charge in [-0.15, -0.1) is 6.58 Å². The molecule has 0 heterocycles. The van der Waals surface area contributed by atoms with Crippen LogP contribution in [-0.4, -0.2) is 12.1 Å². The number of hydrogen-bond acceptors (Lipinski definition) is 1. The monoisotopic (exact) mass is 275 g/mol. The molecule has 114 valence electrons. The van der Waals surface area contributed by atoms with E-state index in [1.54, 1.807) is 0 Å². The molecular formula is C19H33N. The maximum atomic E-state index is 4.33. The van der Waals surface area contributed by atoms with E-state index in [0.29, 0.717) is 11.8 Å². The highest BCUT2D eigenvalue weighted by Crippen LogP contribution is 2.48. The third-order valence-corrected chi connectivity index (χ3v) is 4.83. The Morgan fingerprint density at radius 1 is 1.35 bits per heavy atom. The normalized spacial score (nSPS) is 30.9. The van der Waals surface area contributed by atoms with Gasteiger partial charge in [0.25, 0.3) is 0 Å². The van der Waals surface area contributed by atoms with Crippen LogP contribution in [-0.2, 0) is 0 Å². The Bertz CT molecular complexity index is 385. The highest BCUT2D eigenvalue weighted by Gasteiger charge is 2.38. The summed E-state index contributed by atoms with van der Waals surface area (Å²) in [5, 5.41) is 3.56. The lowest BCUT2D eigenvalue weighted by Gasteiger charge is -2.44. The van der Waals surface area contributed by atoms with E-state index < -0.39 is 0 Å². The second-order valence-electron chi connectivity index (χ2n) is 7.84. The summed E-state index contributed by atoms with van der Waals surface area (Å²) < 4.78 is 0. The van der Waals surface area contributed by atoms with Crippen molar-refractivity contribution in [2.24, 2.45) is 17.3 Å². The molecule has 0 aliphatic heterocycles. The zero-order chi connectivity index (χ0) is 15.6. The Labute approximate surface area is 126 Å². The Kier molecular flexibility index (Phi) is 5.43. The smallest absolute Gasteiger partial charge is 0.0169 e. The first-order chi connectivity index (χ1) is 9.09. The lowest BCUT2D eigenvalue weighted by atomic mass is 9.61. The van der Waals surface area contributed by atoms with Crippen molar-refractivity contribution < 1.29 is 0 Å². The molecule has 1 nitrogen and oxygen atoms in total. The summed E-state index contributed by atoms with van der Waals surface area (Å²) >= 11 is 0. The molecule has 1 saturated carbocycles. The molecule has 0 bridgehead atoms. The minimum Gasteiger partial charge on any atom is -0.308 e. The van der Waals surface area contributed by atoms with Gasteiger partial charge in [0, 0.05) is 12.1 Å². The van der Waals surface area contributed by atoms with E-state index in [9.17, 15) is 0 Å². The van der Waals surface area contributed by atoms with Gasteiger partial charge < -0.3 is 5.32 Å². The molecule has 0 aromatic rings. The van der Waals surface area contributed by atoms with Gasteiger partial charge in [-0.25, -0.2) is 0 Å². The molecule has 0 amide bonds. The van der Waals surface area contributed by atoms with E-state index in [1.807, 2.05) is 0 Å². The fraction of sp³-hybridized carbons (Fsp3) is 0.684. The van der Waals surface area contributed by atoms with Crippen LogP contribution in [0.25, 0.3) is 0 Å². The van der Waals surface area contributed by atoms with Crippen molar-refractivity contribution in [1.29, 1.82) is 0 Å². The molecule has 1 N–H and O–H groups in total. The highest BCUT2D eigenvalue weighted by molar-refractivity contribution is 5.16. The van der Waals surface area contributed by atoms with E-state index in [0.717, 1.165) is 6.54 Å². The van der Waals surface area contributed by atoms with Gasteiger partial charge in [0.2, 0.25) is 0 Å². The summed E-state index contributed by atoms with van der Waals surface area (Å²) in [6.07, 6.45) is 5.71. The van der Waals surface area contributed by atoms with Crippen molar-refractivity contribution in [1.82, 2.24) is 5.32 Å². The summed E-state index contributed by atoms with van der Waals surface area (Å²) in [6.45, 7) is 24.6. The van der Waals surface area contributed by atoms with Crippen molar-refractivity contribution in [3.63, 3.8) is 0 Å². The van der Waals surface area contributed by atoms with Crippen molar-refractivity contribution >= 4 is 0 Å². The fourth-order valence-electron chi connectivity index (χ4n) is 3.23. The average molecular weight is 275 g/mol. The minimum atomic E-state index is 0.154. The first-order valence-corrected chi connectivity index (χ1v) is 7.81. The Morgan fingerprint density at radius 2 is 1.95 bits per heavy atom. The highest BCUT2D eigenvalue weighted by atomic mass is 14.9. The average Bonchev–Trinajstić information content (AvgIpc) is 2.35. The van der Waals surface area contributed by atoms with Gasteiger partial charge in [-0.1, -0.05) is 37.3 Å². The molecule has 1 aliphatic rings.